The van der Waals surface area contributed by atoms with Gasteiger partial charge in [0.2, 0.25) is 5.91 Å². The molecule has 0 radical (unpaired) electrons. The molecule has 0 spiro atoms. The molecule has 25 nitrogen and oxygen atoms in total. The fraction of sp³-hybridized carbons (Fsp3) is 0.542. The Hall–Kier alpha value is -6.52. The molecular formula is C48H68BrN9O16S. The van der Waals surface area contributed by atoms with E-state index in [2.05, 4.69) is 37.2 Å². The largest absolute Gasteiger partial charge is 0.481 e. The number of aliphatic carboxylic acids is 7. The van der Waals surface area contributed by atoms with Crippen LogP contribution in [0.15, 0.2) is 53.0 Å². The van der Waals surface area contributed by atoms with Crippen LogP contribution in [-0.2, 0) is 51.3 Å². The number of halogens is 1. The fourth-order valence-electron chi connectivity index (χ4n) is 8.18. The first-order chi connectivity index (χ1) is 35.6. The van der Waals surface area contributed by atoms with E-state index in [0.717, 1.165) is 15.6 Å². The number of anilines is 1. The molecule has 75 heavy (non-hydrogen) atoms. The van der Waals surface area contributed by atoms with E-state index in [0.29, 0.717) is 49.6 Å². The number of carbonyl (C=O) groups is 9. The molecule has 1 heterocycles. The Morgan fingerprint density at radius 2 is 1.12 bits per heavy atom. The first kappa shape index (κ1) is 62.8. The number of benzene rings is 2. The number of rotatable bonds is 30. The van der Waals surface area contributed by atoms with Crippen LogP contribution < -0.4 is 21.3 Å². The van der Waals surface area contributed by atoms with Crippen LogP contribution in [0.4, 0.5) is 10.5 Å². The van der Waals surface area contributed by atoms with Crippen molar-refractivity contribution in [3.05, 3.63) is 64.1 Å². The molecule has 1 saturated heterocycles. The van der Waals surface area contributed by atoms with Crippen LogP contribution in [0.1, 0.15) is 62.5 Å². The molecule has 1 aliphatic heterocycles. The number of carboxylic acids is 7. The molecule has 3 rings (SSSR count). The number of urea groups is 1. The summed E-state index contributed by atoms with van der Waals surface area (Å²) in [6.45, 7) is 0.743. The van der Waals surface area contributed by atoms with Gasteiger partial charge in [0, 0.05) is 94.5 Å². The molecule has 0 aromatic heterocycles. The highest BCUT2D eigenvalue weighted by atomic mass is 79.9. The Morgan fingerprint density at radius 1 is 0.600 bits per heavy atom. The lowest BCUT2D eigenvalue weighted by atomic mass is 10.0. The van der Waals surface area contributed by atoms with Crippen LogP contribution in [0.25, 0.3) is 0 Å². The summed E-state index contributed by atoms with van der Waals surface area (Å²) in [5.41, 5.74) is 2.30. The summed E-state index contributed by atoms with van der Waals surface area (Å²) in [5, 5.41) is 77.6. The molecule has 0 aliphatic carbocycles. The maximum atomic E-state index is 13.6. The van der Waals surface area contributed by atoms with Crippen molar-refractivity contribution in [3.63, 3.8) is 0 Å². The van der Waals surface area contributed by atoms with E-state index >= 15 is 0 Å². The van der Waals surface area contributed by atoms with Gasteiger partial charge < -0.3 is 61.9 Å². The van der Waals surface area contributed by atoms with Gasteiger partial charge in [-0.15, -0.1) is 0 Å². The highest BCUT2D eigenvalue weighted by Gasteiger charge is 2.29. The summed E-state index contributed by atoms with van der Waals surface area (Å²) in [6.07, 6.45) is 1.30. The molecule has 2 aromatic carbocycles. The second kappa shape index (κ2) is 33.4. The van der Waals surface area contributed by atoms with Crippen LogP contribution in [0.3, 0.4) is 0 Å². The second-order valence-corrected chi connectivity index (χ2v) is 19.3. The molecule has 3 amide bonds. The maximum Gasteiger partial charge on any atom is 0.326 e. The standard InChI is InChI=1S/C48H68BrN9O16S/c49-34-11-7-33(8-12-34)26-58(18-4-2-5-37(45(70)71)52-47(74)53-38(46(72)73)15-16-40(60)61)39(59)6-1-3-17-50-48(75)51-35-13-9-32(10-14-35)25-36-27-56(30-43(66)67)22-21-54(28-41(62)63)19-20-55(29-42(64)65)23-24-57(36)31-44(68)69/h7-14,36-38H,1-6,15-31H2,(H,60,61)(H,62,63)(H,64,65)(H,66,67)(H,68,69)(H,70,71)(H,72,73)(H2,50,51,75)(H2,52,53,74)/t36?,37-,38-/m0/s1. The Bertz CT molecular complexity index is 2250. The van der Waals surface area contributed by atoms with E-state index < -0.39 is 85.3 Å². The third-order valence-corrected chi connectivity index (χ3v) is 12.8. The van der Waals surface area contributed by atoms with Crippen molar-refractivity contribution in [2.75, 3.05) is 90.4 Å². The predicted molar refractivity (Wildman–Crippen MR) is 278 cm³/mol. The summed E-state index contributed by atoms with van der Waals surface area (Å²) >= 11 is 8.94. The van der Waals surface area contributed by atoms with Crippen LogP contribution >= 0.6 is 28.1 Å². The lowest BCUT2D eigenvalue weighted by molar-refractivity contribution is -0.142. The SMILES string of the molecule is O=C(O)CC[C@H](NC(=O)N[C@@H](CCCCN(Cc1ccc(Br)cc1)C(=O)CCCCNC(=S)Nc1ccc(CC2CN(CC(=O)O)CCN(CC(=O)O)CCN(CC(=O)O)CCN2CC(=O)O)cc1)C(=O)O)C(=O)O. The highest BCUT2D eigenvalue weighted by molar-refractivity contribution is 9.10. The summed E-state index contributed by atoms with van der Waals surface area (Å²) in [4.78, 5) is 116. The van der Waals surface area contributed by atoms with Crippen molar-refractivity contribution < 1.29 is 78.9 Å². The van der Waals surface area contributed by atoms with Crippen molar-refractivity contribution in [2.24, 2.45) is 0 Å². The first-order valence-corrected chi connectivity index (χ1v) is 25.5. The van der Waals surface area contributed by atoms with Gasteiger partial charge in [0.25, 0.3) is 0 Å². The van der Waals surface area contributed by atoms with Crippen molar-refractivity contribution in [2.45, 2.75) is 82.5 Å². The third kappa shape index (κ3) is 26.5. The molecule has 27 heteroatoms. The van der Waals surface area contributed by atoms with E-state index in [1.54, 1.807) is 36.6 Å². The minimum absolute atomic E-state index is 0.0283. The lowest BCUT2D eigenvalue weighted by Gasteiger charge is -2.37. The number of thiocarbonyl (C=S) groups is 1. The van der Waals surface area contributed by atoms with Gasteiger partial charge in [-0.3, -0.25) is 48.4 Å². The normalized spacial score (nSPS) is 15.9. The average molecular weight is 1140 g/mol. The number of unbranched alkanes of at least 4 members (excludes halogenated alkanes) is 2. The Kier molecular flexibility index (Phi) is 28.0. The Labute approximate surface area is 447 Å². The average Bonchev–Trinajstić information content (AvgIpc) is 3.32. The number of nitrogens with zero attached hydrogens (tertiary/aromatic N) is 5. The van der Waals surface area contributed by atoms with Gasteiger partial charge in [-0.2, -0.15) is 0 Å². The topological polar surface area (TPSA) is 360 Å². The number of hydrogen-bond donors (Lipinski definition) is 11. The van der Waals surface area contributed by atoms with Crippen molar-refractivity contribution in [3.8, 4) is 0 Å². The third-order valence-electron chi connectivity index (χ3n) is 12.0. The molecule has 0 saturated carbocycles. The summed E-state index contributed by atoms with van der Waals surface area (Å²) in [7, 11) is 0. The zero-order valence-electron chi connectivity index (χ0n) is 41.4. The zero-order chi connectivity index (χ0) is 55.5. The van der Waals surface area contributed by atoms with E-state index in [1.807, 2.05) is 36.4 Å². The predicted octanol–water partition coefficient (Wildman–Crippen LogP) is 1.65. The molecular weight excluding hydrogens is 1070 g/mol. The van der Waals surface area contributed by atoms with Gasteiger partial charge in [0.1, 0.15) is 12.1 Å². The summed E-state index contributed by atoms with van der Waals surface area (Å²) < 4.78 is 0.856. The first-order valence-electron chi connectivity index (χ1n) is 24.3. The summed E-state index contributed by atoms with van der Waals surface area (Å²) in [5.74, 6) is -8.62. The number of hydrogen-bond acceptors (Lipinski definition) is 14. The number of amides is 3. The fourth-order valence-corrected chi connectivity index (χ4v) is 8.67. The van der Waals surface area contributed by atoms with Crippen molar-refractivity contribution >= 4 is 92.7 Å². The monoisotopic (exact) mass is 1140 g/mol. The smallest absolute Gasteiger partial charge is 0.326 e. The number of nitrogens with one attached hydrogen (secondary N) is 4. The Morgan fingerprint density at radius 3 is 1.67 bits per heavy atom. The van der Waals surface area contributed by atoms with Crippen molar-refractivity contribution in [1.29, 1.82) is 0 Å². The Balaban J connectivity index is 1.58. The van der Waals surface area contributed by atoms with Crippen LogP contribution in [-0.4, -0.2) is 222 Å². The highest BCUT2D eigenvalue weighted by Crippen LogP contribution is 2.18. The minimum Gasteiger partial charge on any atom is -0.481 e. The van der Waals surface area contributed by atoms with E-state index in [-0.39, 0.29) is 97.2 Å². The van der Waals surface area contributed by atoms with Gasteiger partial charge in [-0.1, -0.05) is 40.2 Å². The molecule has 3 atom stereocenters. The molecule has 1 fully saturated rings. The van der Waals surface area contributed by atoms with E-state index in [4.69, 9.17) is 17.3 Å². The van der Waals surface area contributed by atoms with E-state index in [9.17, 15) is 73.8 Å². The molecule has 11 N–H and O–H groups in total. The second-order valence-electron chi connectivity index (χ2n) is 18.0. The summed E-state index contributed by atoms with van der Waals surface area (Å²) in [6, 6.07) is 10.1. The quantitative estimate of drug-likeness (QED) is 0.0391. The molecule has 1 aliphatic rings. The van der Waals surface area contributed by atoms with Gasteiger partial charge in [-0.25, -0.2) is 14.4 Å². The number of carbonyl (C=O) groups excluding carboxylic acids is 2. The zero-order valence-corrected chi connectivity index (χ0v) is 43.8. The van der Waals surface area contributed by atoms with Gasteiger partial charge in [0.05, 0.1) is 26.2 Å². The van der Waals surface area contributed by atoms with E-state index in [1.165, 1.54) is 0 Å². The van der Waals surface area contributed by atoms with Crippen molar-refractivity contribution in [1.82, 2.24) is 40.4 Å². The van der Waals surface area contributed by atoms with Gasteiger partial charge in [-0.05, 0) is 92.6 Å². The molecule has 0 bridgehead atoms. The minimum atomic E-state index is -1.54. The lowest BCUT2D eigenvalue weighted by Crippen LogP contribution is -2.53. The van der Waals surface area contributed by atoms with Crippen LogP contribution in [0.2, 0.25) is 0 Å². The number of carboxylic acid groups (broad SMARTS) is 7. The maximum absolute atomic E-state index is 13.6. The van der Waals surface area contributed by atoms with Crippen LogP contribution in [0.5, 0.6) is 0 Å². The molecule has 2 aromatic rings. The van der Waals surface area contributed by atoms with Gasteiger partial charge in [0.15, 0.2) is 5.11 Å². The van der Waals surface area contributed by atoms with Gasteiger partial charge >= 0.3 is 47.8 Å². The van der Waals surface area contributed by atoms with Crippen LogP contribution in [0, 0.1) is 0 Å². The molecule has 414 valence electrons. The molecule has 1 unspecified atom stereocenters.